The van der Waals surface area contributed by atoms with Crippen LogP contribution in [-0.4, -0.2) is 53.5 Å². The van der Waals surface area contributed by atoms with Crippen LogP contribution >= 0.6 is 0 Å². The van der Waals surface area contributed by atoms with E-state index in [4.69, 9.17) is 0 Å². The molecule has 0 aromatic heterocycles. The standard InChI is InChI=1S/C20H29FN2O2/c1-15-6-10-22(11-7-15)14-19(24)23-12-8-17(9-13-23)20(25)16-2-4-18(21)5-3-16/h2-5,15,17,20,25H,6-14H2,1H3. The summed E-state index contributed by atoms with van der Waals surface area (Å²) in [5, 5.41) is 10.5. The van der Waals surface area contributed by atoms with Crippen LogP contribution in [0.5, 0.6) is 0 Å². The molecule has 25 heavy (non-hydrogen) atoms. The Morgan fingerprint density at radius 3 is 2.32 bits per heavy atom. The highest BCUT2D eigenvalue weighted by molar-refractivity contribution is 5.78. The first-order valence-electron chi connectivity index (χ1n) is 9.46. The minimum atomic E-state index is -0.582. The van der Waals surface area contributed by atoms with E-state index in [1.807, 2.05) is 4.90 Å². The second-order valence-electron chi connectivity index (χ2n) is 7.67. The molecule has 0 saturated carbocycles. The Kier molecular flexibility index (Phi) is 6.07. The molecule has 2 aliphatic heterocycles. The summed E-state index contributed by atoms with van der Waals surface area (Å²) >= 11 is 0. The monoisotopic (exact) mass is 348 g/mol. The number of rotatable bonds is 4. The van der Waals surface area contributed by atoms with Crippen molar-refractivity contribution in [1.82, 2.24) is 9.80 Å². The quantitative estimate of drug-likeness (QED) is 0.910. The van der Waals surface area contributed by atoms with E-state index in [2.05, 4.69) is 11.8 Å². The molecule has 0 aliphatic carbocycles. The lowest BCUT2D eigenvalue weighted by atomic mass is 9.87. The number of carbonyl (C=O) groups excluding carboxylic acids is 1. The minimum Gasteiger partial charge on any atom is -0.388 e. The number of hydrogen-bond donors (Lipinski definition) is 1. The van der Waals surface area contributed by atoms with Crippen molar-refractivity contribution in [3.8, 4) is 0 Å². The fourth-order valence-electron chi connectivity index (χ4n) is 3.91. The highest BCUT2D eigenvalue weighted by atomic mass is 19.1. The van der Waals surface area contributed by atoms with E-state index < -0.39 is 6.10 Å². The minimum absolute atomic E-state index is 0.130. The van der Waals surface area contributed by atoms with E-state index in [-0.39, 0.29) is 17.6 Å². The van der Waals surface area contributed by atoms with Crippen molar-refractivity contribution in [1.29, 1.82) is 0 Å². The van der Waals surface area contributed by atoms with Gasteiger partial charge in [0.25, 0.3) is 0 Å². The van der Waals surface area contributed by atoms with Gasteiger partial charge in [-0.1, -0.05) is 19.1 Å². The van der Waals surface area contributed by atoms with Crippen molar-refractivity contribution < 1.29 is 14.3 Å². The Bertz CT molecular complexity index is 562. The van der Waals surface area contributed by atoms with E-state index in [1.54, 1.807) is 12.1 Å². The molecule has 1 unspecified atom stereocenters. The number of hydrogen-bond acceptors (Lipinski definition) is 3. The lowest BCUT2D eigenvalue weighted by Crippen LogP contribution is -2.46. The van der Waals surface area contributed by atoms with E-state index in [1.165, 1.54) is 25.0 Å². The van der Waals surface area contributed by atoms with E-state index >= 15 is 0 Å². The van der Waals surface area contributed by atoms with Crippen LogP contribution in [-0.2, 0) is 4.79 Å². The first-order valence-corrected chi connectivity index (χ1v) is 9.46. The molecule has 1 atom stereocenters. The molecule has 0 radical (unpaired) electrons. The van der Waals surface area contributed by atoms with Crippen LogP contribution in [0, 0.1) is 17.7 Å². The predicted octanol–water partition coefficient (Wildman–Crippen LogP) is 2.83. The van der Waals surface area contributed by atoms with Crippen molar-refractivity contribution >= 4 is 5.91 Å². The van der Waals surface area contributed by atoms with Gasteiger partial charge in [0.1, 0.15) is 5.82 Å². The molecule has 0 bridgehead atoms. The third-order valence-corrected chi connectivity index (χ3v) is 5.79. The van der Waals surface area contributed by atoms with Crippen LogP contribution in [0.4, 0.5) is 4.39 Å². The van der Waals surface area contributed by atoms with Gasteiger partial charge in [-0.25, -0.2) is 4.39 Å². The summed E-state index contributed by atoms with van der Waals surface area (Å²) in [6.45, 7) is 6.24. The maximum atomic E-state index is 13.0. The number of aliphatic hydroxyl groups excluding tert-OH is 1. The first kappa shape index (κ1) is 18.3. The summed E-state index contributed by atoms with van der Waals surface area (Å²) in [7, 11) is 0. The second-order valence-corrected chi connectivity index (χ2v) is 7.67. The zero-order chi connectivity index (χ0) is 17.8. The Labute approximate surface area is 149 Å². The molecule has 3 rings (SSSR count). The molecule has 1 N–H and O–H groups in total. The van der Waals surface area contributed by atoms with Gasteiger partial charge in [0.05, 0.1) is 12.6 Å². The van der Waals surface area contributed by atoms with Gasteiger partial charge in [-0.15, -0.1) is 0 Å². The summed E-state index contributed by atoms with van der Waals surface area (Å²) in [5.41, 5.74) is 0.758. The van der Waals surface area contributed by atoms with Crippen LogP contribution in [0.2, 0.25) is 0 Å². The molecular formula is C20H29FN2O2. The van der Waals surface area contributed by atoms with Gasteiger partial charge in [-0.2, -0.15) is 0 Å². The van der Waals surface area contributed by atoms with Gasteiger partial charge in [-0.05, 0) is 68.3 Å². The molecular weight excluding hydrogens is 319 g/mol. The average molecular weight is 348 g/mol. The normalized spacial score (nSPS) is 22.1. The Balaban J connectivity index is 1.46. The molecule has 138 valence electrons. The number of piperidine rings is 2. The van der Waals surface area contributed by atoms with Crippen LogP contribution in [0.3, 0.4) is 0 Å². The Morgan fingerprint density at radius 2 is 1.72 bits per heavy atom. The van der Waals surface area contributed by atoms with Crippen molar-refractivity contribution in [2.75, 3.05) is 32.7 Å². The summed E-state index contributed by atoms with van der Waals surface area (Å²) in [5.74, 6) is 0.827. The Hall–Kier alpha value is -1.46. The fourth-order valence-corrected chi connectivity index (χ4v) is 3.91. The van der Waals surface area contributed by atoms with E-state index in [0.717, 1.165) is 37.4 Å². The fraction of sp³-hybridized carbons (Fsp3) is 0.650. The van der Waals surface area contributed by atoms with Gasteiger partial charge < -0.3 is 10.0 Å². The number of benzene rings is 1. The molecule has 2 heterocycles. The number of aliphatic hydroxyl groups is 1. The molecule has 5 heteroatoms. The van der Waals surface area contributed by atoms with Gasteiger partial charge >= 0.3 is 0 Å². The van der Waals surface area contributed by atoms with Crippen LogP contribution < -0.4 is 0 Å². The molecule has 1 aromatic carbocycles. The number of nitrogens with zero attached hydrogens (tertiary/aromatic N) is 2. The lowest BCUT2D eigenvalue weighted by Gasteiger charge is -2.36. The van der Waals surface area contributed by atoms with Crippen molar-refractivity contribution in [2.24, 2.45) is 11.8 Å². The van der Waals surface area contributed by atoms with Gasteiger partial charge in [-0.3, -0.25) is 9.69 Å². The third kappa shape index (κ3) is 4.79. The zero-order valence-electron chi connectivity index (χ0n) is 15.0. The number of halogens is 1. The lowest BCUT2D eigenvalue weighted by molar-refractivity contribution is -0.134. The van der Waals surface area contributed by atoms with Gasteiger partial charge in [0.15, 0.2) is 0 Å². The average Bonchev–Trinajstić information content (AvgIpc) is 2.64. The van der Waals surface area contributed by atoms with Crippen molar-refractivity contribution in [3.05, 3.63) is 35.6 Å². The highest BCUT2D eigenvalue weighted by Crippen LogP contribution is 2.31. The molecule has 1 aromatic rings. The number of amides is 1. The summed E-state index contributed by atoms with van der Waals surface area (Å²) < 4.78 is 13.0. The van der Waals surface area contributed by atoms with Gasteiger partial charge in [0.2, 0.25) is 5.91 Å². The van der Waals surface area contributed by atoms with E-state index in [9.17, 15) is 14.3 Å². The van der Waals surface area contributed by atoms with Crippen molar-refractivity contribution in [3.63, 3.8) is 0 Å². The Morgan fingerprint density at radius 1 is 1.12 bits per heavy atom. The summed E-state index contributed by atoms with van der Waals surface area (Å²) in [4.78, 5) is 16.7. The predicted molar refractivity (Wildman–Crippen MR) is 95.5 cm³/mol. The molecule has 4 nitrogen and oxygen atoms in total. The van der Waals surface area contributed by atoms with Crippen LogP contribution in [0.15, 0.2) is 24.3 Å². The zero-order valence-corrected chi connectivity index (χ0v) is 15.0. The summed E-state index contributed by atoms with van der Waals surface area (Å²) in [6.07, 6.45) is 3.36. The molecule has 0 spiro atoms. The smallest absolute Gasteiger partial charge is 0.236 e. The first-order chi connectivity index (χ1) is 12.0. The summed E-state index contributed by atoms with van der Waals surface area (Å²) in [6, 6.07) is 6.07. The number of carbonyl (C=O) groups is 1. The highest BCUT2D eigenvalue weighted by Gasteiger charge is 2.29. The maximum Gasteiger partial charge on any atom is 0.236 e. The molecule has 2 saturated heterocycles. The molecule has 1 amide bonds. The van der Waals surface area contributed by atoms with Crippen LogP contribution in [0.25, 0.3) is 0 Å². The van der Waals surface area contributed by atoms with Crippen LogP contribution in [0.1, 0.15) is 44.3 Å². The maximum absolute atomic E-state index is 13.0. The molecule has 2 aliphatic rings. The topological polar surface area (TPSA) is 43.8 Å². The number of likely N-dealkylation sites (tertiary alicyclic amines) is 2. The van der Waals surface area contributed by atoms with Gasteiger partial charge in [0, 0.05) is 13.1 Å². The molecule has 2 fully saturated rings. The van der Waals surface area contributed by atoms with E-state index in [0.29, 0.717) is 19.6 Å². The largest absolute Gasteiger partial charge is 0.388 e. The second kappa shape index (κ2) is 8.28. The SMILES string of the molecule is CC1CCN(CC(=O)N2CCC(C(O)c3ccc(F)cc3)CC2)CC1. The third-order valence-electron chi connectivity index (χ3n) is 5.79. The van der Waals surface area contributed by atoms with Crippen molar-refractivity contribution in [2.45, 2.75) is 38.7 Å².